The Balaban J connectivity index is 1.71. The number of nitrogens with one attached hydrogen (secondary N) is 1. The molecule has 2 aromatic carbocycles. The van der Waals surface area contributed by atoms with Crippen molar-refractivity contribution in [1.29, 1.82) is 0 Å². The van der Waals surface area contributed by atoms with Crippen molar-refractivity contribution in [1.82, 2.24) is 14.8 Å². The van der Waals surface area contributed by atoms with Crippen LogP contribution in [0.4, 0.5) is 10.1 Å². The summed E-state index contributed by atoms with van der Waals surface area (Å²) in [5.74, 6) is -0.642. The molecule has 158 valence electrons. The predicted octanol–water partition coefficient (Wildman–Crippen LogP) is 3.44. The van der Waals surface area contributed by atoms with Crippen molar-refractivity contribution >= 4 is 33.2 Å². The fraction of sp³-hybridized carbons (Fsp3) is 0.250. The molecule has 3 rings (SSSR count). The topological polar surface area (TPSA) is 93.9 Å². The molecule has 0 fully saturated rings. The molecule has 3 aromatic rings. The van der Waals surface area contributed by atoms with E-state index >= 15 is 0 Å². The molecule has 0 radical (unpaired) electrons. The molecule has 0 aliphatic rings. The Hall–Kier alpha value is -2.72. The highest BCUT2D eigenvalue weighted by Crippen LogP contribution is 2.26. The van der Waals surface area contributed by atoms with Gasteiger partial charge >= 0.3 is 0 Å². The molecule has 0 aliphatic heterocycles. The first kappa shape index (κ1) is 22.0. The lowest BCUT2D eigenvalue weighted by atomic mass is 10.2. The summed E-state index contributed by atoms with van der Waals surface area (Å²) in [6.45, 7) is 1.86. The third-order valence-corrected chi connectivity index (χ3v) is 7.40. The number of anilines is 1. The minimum atomic E-state index is -3.56. The summed E-state index contributed by atoms with van der Waals surface area (Å²) < 4.78 is 39.8. The van der Waals surface area contributed by atoms with Gasteiger partial charge in [0.25, 0.3) is 0 Å². The minimum Gasteiger partial charge on any atom is -0.325 e. The first-order chi connectivity index (χ1) is 14.3. The van der Waals surface area contributed by atoms with Gasteiger partial charge in [-0.15, -0.1) is 10.2 Å². The molecule has 10 heteroatoms. The van der Waals surface area contributed by atoms with Crippen molar-refractivity contribution in [2.45, 2.75) is 34.4 Å². The molecule has 1 aromatic heterocycles. The standard InChI is InChI=1S/C20H21FN4O3S2/c1-3-17(19(26)22-15-11-9-14(21)10-12-15)29-20-24-23-18(25(20)2)13-30(27,28)16-7-5-4-6-8-16/h4-12,17H,3,13H2,1-2H3,(H,22,26). The Kier molecular flexibility index (Phi) is 6.88. The summed E-state index contributed by atoms with van der Waals surface area (Å²) in [5, 5.41) is 10.8. The van der Waals surface area contributed by atoms with Crippen LogP contribution < -0.4 is 5.32 Å². The van der Waals surface area contributed by atoms with Crippen LogP contribution in [0.5, 0.6) is 0 Å². The molecule has 0 saturated heterocycles. The number of thioether (sulfide) groups is 1. The van der Waals surface area contributed by atoms with Crippen molar-refractivity contribution < 1.29 is 17.6 Å². The molecule has 0 spiro atoms. The largest absolute Gasteiger partial charge is 0.325 e. The maximum atomic E-state index is 13.0. The van der Waals surface area contributed by atoms with Crippen molar-refractivity contribution in [3.05, 3.63) is 66.2 Å². The Morgan fingerprint density at radius 2 is 1.80 bits per heavy atom. The fourth-order valence-electron chi connectivity index (χ4n) is 2.66. The molecule has 1 unspecified atom stereocenters. The first-order valence-corrected chi connectivity index (χ1v) is 11.7. The zero-order valence-electron chi connectivity index (χ0n) is 16.4. The lowest BCUT2D eigenvalue weighted by Gasteiger charge is -2.14. The van der Waals surface area contributed by atoms with E-state index in [0.717, 1.165) is 0 Å². The van der Waals surface area contributed by atoms with Crippen LogP contribution in [0.2, 0.25) is 0 Å². The van der Waals surface area contributed by atoms with Crippen LogP contribution >= 0.6 is 11.8 Å². The van der Waals surface area contributed by atoms with Crippen LogP contribution in [0, 0.1) is 5.82 Å². The molecule has 1 atom stereocenters. The summed E-state index contributed by atoms with van der Waals surface area (Å²) in [4.78, 5) is 12.8. The quantitative estimate of drug-likeness (QED) is 0.531. The summed E-state index contributed by atoms with van der Waals surface area (Å²) in [6.07, 6.45) is 0.516. The van der Waals surface area contributed by atoms with Gasteiger partial charge in [-0.05, 0) is 42.8 Å². The molecular formula is C20H21FN4O3S2. The summed E-state index contributed by atoms with van der Waals surface area (Å²) >= 11 is 1.20. The van der Waals surface area contributed by atoms with Crippen molar-refractivity contribution in [2.75, 3.05) is 5.32 Å². The number of hydrogen-bond acceptors (Lipinski definition) is 6. The second kappa shape index (κ2) is 9.40. The molecule has 1 heterocycles. The molecular weight excluding hydrogens is 427 g/mol. The van der Waals surface area contributed by atoms with E-state index in [1.807, 2.05) is 6.92 Å². The fourth-order valence-corrected chi connectivity index (χ4v) is 4.93. The number of sulfone groups is 1. The highest BCUT2D eigenvalue weighted by molar-refractivity contribution is 8.00. The number of halogens is 1. The lowest BCUT2D eigenvalue weighted by molar-refractivity contribution is -0.115. The van der Waals surface area contributed by atoms with Crippen molar-refractivity contribution in [3.63, 3.8) is 0 Å². The number of rotatable bonds is 8. The highest BCUT2D eigenvalue weighted by Gasteiger charge is 2.24. The maximum absolute atomic E-state index is 13.0. The number of carbonyl (C=O) groups excluding carboxylic acids is 1. The van der Waals surface area contributed by atoms with Gasteiger partial charge in [0.1, 0.15) is 17.4 Å². The Labute approximate surface area is 178 Å². The third kappa shape index (κ3) is 5.25. The number of benzene rings is 2. The van der Waals surface area contributed by atoms with Crippen LogP contribution in [0.3, 0.4) is 0 Å². The normalized spacial score (nSPS) is 12.5. The zero-order valence-corrected chi connectivity index (χ0v) is 18.1. The van der Waals surface area contributed by atoms with Crippen LogP contribution in [-0.4, -0.2) is 34.3 Å². The monoisotopic (exact) mass is 448 g/mol. The smallest absolute Gasteiger partial charge is 0.237 e. The number of carbonyl (C=O) groups is 1. The molecule has 1 N–H and O–H groups in total. The predicted molar refractivity (Wildman–Crippen MR) is 113 cm³/mol. The van der Waals surface area contributed by atoms with Crippen molar-refractivity contribution in [2.24, 2.45) is 7.05 Å². The number of hydrogen-bond donors (Lipinski definition) is 1. The van der Waals surface area contributed by atoms with E-state index in [4.69, 9.17) is 0 Å². The average Bonchev–Trinajstić information content (AvgIpc) is 3.07. The van der Waals surface area contributed by atoms with Crippen LogP contribution in [0.15, 0.2) is 64.6 Å². The average molecular weight is 449 g/mol. The van der Waals surface area contributed by atoms with Gasteiger partial charge in [0.05, 0.1) is 10.1 Å². The van der Waals surface area contributed by atoms with E-state index < -0.39 is 15.1 Å². The first-order valence-electron chi connectivity index (χ1n) is 9.19. The van der Waals surface area contributed by atoms with Gasteiger partial charge in [-0.2, -0.15) is 0 Å². The van der Waals surface area contributed by atoms with E-state index in [1.165, 1.54) is 48.2 Å². The molecule has 1 amide bonds. The van der Waals surface area contributed by atoms with E-state index in [-0.39, 0.29) is 28.2 Å². The van der Waals surface area contributed by atoms with E-state index in [0.29, 0.717) is 17.3 Å². The van der Waals surface area contributed by atoms with E-state index in [2.05, 4.69) is 15.5 Å². The number of aromatic nitrogens is 3. The molecule has 0 saturated carbocycles. The van der Waals surface area contributed by atoms with Crippen LogP contribution in [0.25, 0.3) is 0 Å². The molecule has 30 heavy (non-hydrogen) atoms. The number of amides is 1. The highest BCUT2D eigenvalue weighted by atomic mass is 32.2. The summed E-state index contributed by atoms with van der Waals surface area (Å²) in [6, 6.07) is 13.7. The van der Waals surface area contributed by atoms with Gasteiger partial charge in [0.2, 0.25) is 5.91 Å². The van der Waals surface area contributed by atoms with Crippen LogP contribution in [-0.2, 0) is 27.4 Å². The molecule has 0 bridgehead atoms. The van der Waals surface area contributed by atoms with Gasteiger partial charge in [-0.3, -0.25) is 4.79 Å². The van der Waals surface area contributed by atoms with E-state index in [9.17, 15) is 17.6 Å². The van der Waals surface area contributed by atoms with E-state index in [1.54, 1.807) is 29.8 Å². The second-order valence-electron chi connectivity index (χ2n) is 6.54. The van der Waals surface area contributed by atoms with Gasteiger partial charge in [0, 0.05) is 12.7 Å². The second-order valence-corrected chi connectivity index (χ2v) is 9.70. The lowest BCUT2D eigenvalue weighted by Crippen LogP contribution is -2.25. The molecule has 7 nitrogen and oxygen atoms in total. The maximum Gasteiger partial charge on any atom is 0.237 e. The van der Waals surface area contributed by atoms with Crippen LogP contribution in [0.1, 0.15) is 19.2 Å². The summed E-state index contributed by atoms with van der Waals surface area (Å²) in [7, 11) is -1.89. The van der Waals surface area contributed by atoms with Gasteiger partial charge in [-0.25, -0.2) is 12.8 Å². The number of nitrogens with zero attached hydrogens (tertiary/aromatic N) is 3. The Bertz CT molecular complexity index is 1120. The zero-order chi connectivity index (χ0) is 21.7. The minimum absolute atomic E-state index is 0.215. The summed E-state index contributed by atoms with van der Waals surface area (Å²) in [5.41, 5.74) is 0.494. The SMILES string of the molecule is CCC(Sc1nnc(CS(=O)(=O)c2ccccc2)n1C)C(=O)Nc1ccc(F)cc1. The molecule has 0 aliphatic carbocycles. The Morgan fingerprint density at radius 3 is 2.43 bits per heavy atom. The Morgan fingerprint density at radius 1 is 1.13 bits per heavy atom. The third-order valence-electron chi connectivity index (χ3n) is 4.37. The van der Waals surface area contributed by atoms with Gasteiger partial charge in [-0.1, -0.05) is 36.9 Å². The van der Waals surface area contributed by atoms with Gasteiger partial charge in [0.15, 0.2) is 15.0 Å². The van der Waals surface area contributed by atoms with Gasteiger partial charge < -0.3 is 9.88 Å². The van der Waals surface area contributed by atoms with Crippen molar-refractivity contribution in [3.8, 4) is 0 Å².